The van der Waals surface area contributed by atoms with E-state index in [1.807, 2.05) is 31.2 Å². The van der Waals surface area contributed by atoms with Gasteiger partial charge in [-0.2, -0.15) is 0 Å². The quantitative estimate of drug-likeness (QED) is 0.325. The molecule has 0 fully saturated rings. The summed E-state index contributed by atoms with van der Waals surface area (Å²) in [5.74, 6) is 1.56. The van der Waals surface area contributed by atoms with Gasteiger partial charge in [0.15, 0.2) is 5.78 Å². The minimum atomic E-state index is -3.65. The summed E-state index contributed by atoms with van der Waals surface area (Å²) in [6.45, 7) is 1.97. The molecule has 0 saturated heterocycles. The predicted octanol–water partition coefficient (Wildman–Crippen LogP) is 5.86. The number of benzene rings is 4. The van der Waals surface area contributed by atoms with Gasteiger partial charge in [-0.05, 0) is 79.7 Å². The zero-order valence-corrected chi connectivity index (χ0v) is 19.0. The Labute approximate surface area is 193 Å². The molecule has 0 N–H and O–H groups in total. The summed E-state index contributed by atoms with van der Waals surface area (Å²) in [5, 5.41) is 0. The number of hydrogen-bond donors (Lipinski definition) is 0. The Morgan fingerprint density at radius 2 is 1.00 bits per heavy atom. The fourth-order valence-corrected chi connectivity index (χ4v) is 4.52. The minimum Gasteiger partial charge on any atom is -0.497 e. The van der Waals surface area contributed by atoms with Crippen LogP contribution >= 0.6 is 0 Å². The second-order valence-electron chi connectivity index (χ2n) is 7.47. The molecular weight excluding hydrogens is 436 g/mol. The Balaban J connectivity index is 1.46. The molecule has 4 aromatic rings. The molecule has 0 aliphatic carbocycles. The maximum Gasteiger partial charge on any atom is 0.206 e. The SMILES string of the molecule is COc1ccc(S(=O)(=O)c2ccc(Oc3ccc(C(=O)c4ccc(C)cc4)cc3)cc2)cc1. The van der Waals surface area contributed by atoms with E-state index in [0.717, 1.165) is 5.56 Å². The topological polar surface area (TPSA) is 69.7 Å². The van der Waals surface area contributed by atoms with Gasteiger partial charge in [0.05, 0.1) is 16.9 Å². The lowest BCUT2D eigenvalue weighted by Gasteiger charge is -2.09. The van der Waals surface area contributed by atoms with Gasteiger partial charge < -0.3 is 9.47 Å². The molecule has 6 heteroatoms. The first-order valence-corrected chi connectivity index (χ1v) is 11.7. The number of aryl methyl sites for hydroxylation is 1. The van der Waals surface area contributed by atoms with Crippen LogP contribution in [0.5, 0.6) is 17.2 Å². The predicted molar refractivity (Wildman–Crippen MR) is 126 cm³/mol. The number of methoxy groups -OCH3 is 1. The van der Waals surface area contributed by atoms with Crippen LogP contribution in [0.3, 0.4) is 0 Å². The van der Waals surface area contributed by atoms with Gasteiger partial charge in [-0.25, -0.2) is 8.42 Å². The Hall–Kier alpha value is -3.90. The molecule has 4 aromatic carbocycles. The molecule has 0 aliphatic heterocycles. The van der Waals surface area contributed by atoms with E-state index >= 15 is 0 Å². The molecule has 0 bridgehead atoms. The van der Waals surface area contributed by atoms with E-state index in [-0.39, 0.29) is 15.6 Å². The van der Waals surface area contributed by atoms with Crippen molar-refractivity contribution in [3.63, 3.8) is 0 Å². The Morgan fingerprint density at radius 3 is 1.45 bits per heavy atom. The van der Waals surface area contributed by atoms with Crippen molar-refractivity contribution in [1.82, 2.24) is 0 Å². The standard InChI is InChI=1S/C27H22O5S/c1-19-3-5-20(6-4-19)27(28)21-7-9-23(10-8-21)32-24-13-17-26(18-14-24)33(29,30)25-15-11-22(31-2)12-16-25/h3-18H,1-2H3. The molecule has 0 amide bonds. The van der Waals surface area contributed by atoms with Gasteiger partial charge in [0.1, 0.15) is 17.2 Å². The largest absolute Gasteiger partial charge is 0.497 e. The molecule has 5 nitrogen and oxygen atoms in total. The highest BCUT2D eigenvalue weighted by Gasteiger charge is 2.18. The number of rotatable bonds is 7. The number of hydrogen-bond acceptors (Lipinski definition) is 5. The highest BCUT2D eigenvalue weighted by molar-refractivity contribution is 7.91. The molecule has 4 rings (SSSR count). The minimum absolute atomic E-state index is 0.0605. The van der Waals surface area contributed by atoms with E-state index in [9.17, 15) is 13.2 Å². The number of ketones is 1. The molecule has 0 spiro atoms. The fourth-order valence-electron chi connectivity index (χ4n) is 3.26. The van der Waals surface area contributed by atoms with E-state index in [1.165, 1.54) is 31.4 Å². The van der Waals surface area contributed by atoms with Gasteiger partial charge >= 0.3 is 0 Å². The number of carbonyl (C=O) groups excluding carboxylic acids is 1. The third-order valence-electron chi connectivity index (χ3n) is 5.17. The van der Waals surface area contributed by atoms with Crippen LogP contribution in [0.2, 0.25) is 0 Å². The first-order valence-electron chi connectivity index (χ1n) is 10.3. The first kappa shape index (κ1) is 22.3. The third kappa shape index (κ3) is 4.96. The van der Waals surface area contributed by atoms with Crippen LogP contribution in [0.15, 0.2) is 107 Å². The van der Waals surface area contributed by atoms with Crippen molar-refractivity contribution in [2.75, 3.05) is 7.11 Å². The van der Waals surface area contributed by atoms with Gasteiger partial charge in [-0.3, -0.25) is 4.79 Å². The van der Waals surface area contributed by atoms with Crippen molar-refractivity contribution in [3.8, 4) is 17.2 Å². The second-order valence-corrected chi connectivity index (χ2v) is 9.42. The highest BCUT2D eigenvalue weighted by atomic mass is 32.2. The van der Waals surface area contributed by atoms with Crippen LogP contribution in [0, 0.1) is 6.92 Å². The molecule has 166 valence electrons. The highest BCUT2D eigenvalue weighted by Crippen LogP contribution is 2.27. The van der Waals surface area contributed by atoms with Gasteiger partial charge in [-0.1, -0.05) is 29.8 Å². The first-order chi connectivity index (χ1) is 15.9. The lowest BCUT2D eigenvalue weighted by molar-refractivity contribution is 0.103. The van der Waals surface area contributed by atoms with Gasteiger partial charge in [0.2, 0.25) is 9.84 Å². The normalized spacial score (nSPS) is 11.1. The number of ether oxygens (including phenoxy) is 2. The van der Waals surface area contributed by atoms with Gasteiger partial charge in [-0.15, -0.1) is 0 Å². The third-order valence-corrected chi connectivity index (χ3v) is 6.96. The smallest absolute Gasteiger partial charge is 0.206 e. The Morgan fingerprint density at radius 1 is 0.606 bits per heavy atom. The van der Waals surface area contributed by atoms with Crippen LogP contribution in [-0.2, 0) is 9.84 Å². The molecule has 0 unspecified atom stereocenters. The van der Waals surface area contributed by atoms with Crippen LogP contribution in [0.1, 0.15) is 21.5 Å². The maximum absolute atomic E-state index is 12.8. The van der Waals surface area contributed by atoms with Crippen molar-refractivity contribution in [2.45, 2.75) is 16.7 Å². The monoisotopic (exact) mass is 458 g/mol. The molecule has 0 aliphatic rings. The molecule has 0 atom stereocenters. The summed E-state index contributed by atoms with van der Waals surface area (Å²) in [6, 6.07) is 26.7. The molecular formula is C27H22O5S. The summed E-state index contributed by atoms with van der Waals surface area (Å²) in [6.07, 6.45) is 0. The number of sulfone groups is 1. The average molecular weight is 459 g/mol. The summed E-state index contributed by atoms with van der Waals surface area (Å²) < 4.78 is 36.5. The van der Waals surface area contributed by atoms with E-state index in [2.05, 4.69) is 0 Å². The molecule has 33 heavy (non-hydrogen) atoms. The Kier molecular flexibility index (Phi) is 6.29. The summed E-state index contributed by atoms with van der Waals surface area (Å²) in [7, 11) is -2.12. The lowest BCUT2D eigenvalue weighted by atomic mass is 10.0. The van der Waals surface area contributed by atoms with Crippen molar-refractivity contribution >= 4 is 15.6 Å². The van der Waals surface area contributed by atoms with Crippen LogP contribution in [0.4, 0.5) is 0 Å². The van der Waals surface area contributed by atoms with Crippen molar-refractivity contribution in [2.24, 2.45) is 0 Å². The van der Waals surface area contributed by atoms with Gasteiger partial charge in [0.25, 0.3) is 0 Å². The van der Waals surface area contributed by atoms with Gasteiger partial charge in [0, 0.05) is 11.1 Å². The van der Waals surface area contributed by atoms with Crippen LogP contribution in [-0.4, -0.2) is 21.3 Å². The Bertz CT molecular complexity index is 1350. The van der Waals surface area contributed by atoms with Crippen LogP contribution in [0.25, 0.3) is 0 Å². The van der Waals surface area contributed by atoms with Crippen molar-refractivity contribution < 1.29 is 22.7 Å². The maximum atomic E-state index is 12.8. The zero-order valence-electron chi connectivity index (χ0n) is 18.2. The molecule has 0 saturated carbocycles. The average Bonchev–Trinajstić information content (AvgIpc) is 2.85. The summed E-state index contributed by atoms with van der Waals surface area (Å²) >= 11 is 0. The van der Waals surface area contributed by atoms with E-state index in [4.69, 9.17) is 9.47 Å². The van der Waals surface area contributed by atoms with E-state index in [0.29, 0.717) is 28.4 Å². The molecule has 0 aromatic heterocycles. The zero-order chi connectivity index (χ0) is 23.4. The van der Waals surface area contributed by atoms with Crippen LogP contribution < -0.4 is 9.47 Å². The fraction of sp³-hybridized carbons (Fsp3) is 0.0741. The molecule has 0 heterocycles. The van der Waals surface area contributed by atoms with Crippen molar-refractivity contribution in [1.29, 1.82) is 0 Å². The van der Waals surface area contributed by atoms with Crippen molar-refractivity contribution in [3.05, 3.63) is 114 Å². The van der Waals surface area contributed by atoms with E-state index in [1.54, 1.807) is 48.5 Å². The lowest BCUT2D eigenvalue weighted by Crippen LogP contribution is -2.02. The summed E-state index contributed by atoms with van der Waals surface area (Å²) in [5.41, 5.74) is 2.29. The van der Waals surface area contributed by atoms with E-state index < -0.39 is 9.84 Å². The number of carbonyl (C=O) groups is 1. The second kappa shape index (κ2) is 9.30. The molecule has 0 radical (unpaired) electrons. The summed E-state index contributed by atoms with van der Waals surface area (Å²) in [4.78, 5) is 13.0.